The number of hydrogen-bond acceptors (Lipinski definition) is 2. The van der Waals surface area contributed by atoms with Gasteiger partial charge in [0.1, 0.15) is 11.6 Å². The zero-order valence-electron chi connectivity index (χ0n) is 14.0. The van der Waals surface area contributed by atoms with Crippen molar-refractivity contribution in [3.63, 3.8) is 0 Å². The fourth-order valence-corrected chi connectivity index (χ4v) is 13.7. The van der Waals surface area contributed by atoms with Gasteiger partial charge in [-0.25, -0.2) is 0 Å². The number of Topliss-reactive ketones (excluding diaryl/α,β-unsaturated/α-hetero) is 2. The molecule has 0 aromatic carbocycles. The largest absolute Gasteiger partial charge is 0.299 e. The van der Waals surface area contributed by atoms with Crippen molar-refractivity contribution in [1.82, 2.24) is 0 Å². The average Bonchev–Trinajstić information content (AvgIpc) is 3.14. The van der Waals surface area contributed by atoms with Crippen molar-refractivity contribution in [2.75, 3.05) is 0 Å². The highest BCUT2D eigenvalue weighted by atomic mass is 16.1. The summed E-state index contributed by atoms with van der Waals surface area (Å²) in [5.74, 6) is 8.32. The van der Waals surface area contributed by atoms with Crippen LogP contribution in [0.25, 0.3) is 0 Å². The van der Waals surface area contributed by atoms with Crippen LogP contribution in [0.4, 0.5) is 0 Å². The Morgan fingerprint density at radius 3 is 1.52 bits per heavy atom. The molecule has 2 nitrogen and oxygen atoms in total. The van der Waals surface area contributed by atoms with E-state index in [-0.39, 0.29) is 34.5 Å². The zero-order valence-corrected chi connectivity index (χ0v) is 14.0. The van der Waals surface area contributed by atoms with E-state index < -0.39 is 0 Å². The van der Waals surface area contributed by atoms with Gasteiger partial charge in [0.15, 0.2) is 0 Å². The van der Waals surface area contributed by atoms with Crippen LogP contribution in [-0.2, 0) is 9.59 Å². The van der Waals surface area contributed by atoms with Gasteiger partial charge in [-0.3, -0.25) is 9.59 Å². The molecule has 16 atom stereocenters. The molecule has 11 fully saturated rings. The Bertz CT molecular complexity index is 912. The number of rotatable bonds is 0. The zero-order chi connectivity index (χ0) is 16.1. The monoisotopic (exact) mass is 328 g/mol. The van der Waals surface area contributed by atoms with Crippen LogP contribution in [0.3, 0.4) is 0 Å². The molecule has 2 spiro atoms. The van der Waals surface area contributed by atoms with Gasteiger partial charge in [0, 0.05) is 34.5 Å². The fourth-order valence-electron chi connectivity index (χ4n) is 13.7. The molecular formula is C23H20O2. The number of allylic oxidation sites excluding steroid dienone is 2. The van der Waals surface area contributed by atoms with Gasteiger partial charge in [0.25, 0.3) is 0 Å². The van der Waals surface area contributed by atoms with Crippen LogP contribution in [0, 0.1) is 93.7 Å². The molecule has 0 aromatic heterocycles. The molecular weight excluding hydrogens is 308 g/mol. The first-order valence-corrected chi connectivity index (χ1v) is 10.6. The molecule has 25 heavy (non-hydrogen) atoms. The summed E-state index contributed by atoms with van der Waals surface area (Å²) in [7, 11) is 0. The minimum Gasteiger partial charge on any atom is -0.299 e. The van der Waals surface area contributed by atoms with E-state index in [1.54, 1.807) is 11.1 Å². The first-order valence-electron chi connectivity index (χ1n) is 10.6. The van der Waals surface area contributed by atoms with E-state index in [1.165, 1.54) is 6.42 Å². The molecule has 0 aromatic rings. The van der Waals surface area contributed by atoms with Gasteiger partial charge in [-0.05, 0) is 65.6 Å². The normalized spacial score (nSPS) is 82.9. The lowest BCUT2D eigenvalue weighted by Gasteiger charge is -2.80. The van der Waals surface area contributed by atoms with Gasteiger partial charge in [-0.15, -0.1) is 0 Å². The van der Waals surface area contributed by atoms with Crippen molar-refractivity contribution in [3.8, 4) is 0 Å². The van der Waals surface area contributed by atoms with Gasteiger partial charge in [-0.2, -0.15) is 0 Å². The van der Waals surface area contributed by atoms with Gasteiger partial charge >= 0.3 is 0 Å². The summed E-state index contributed by atoms with van der Waals surface area (Å²) in [6, 6.07) is 0. The van der Waals surface area contributed by atoms with E-state index >= 15 is 0 Å². The Hall–Kier alpha value is -1.18. The third-order valence-electron chi connectivity index (χ3n) is 12.8. The second kappa shape index (κ2) is 2.51. The van der Waals surface area contributed by atoms with Crippen molar-refractivity contribution in [3.05, 3.63) is 24.3 Å². The number of fused-ring (bicyclic) bond motifs is 2. The Labute approximate surface area is 146 Å². The predicted molar refractivity (Wildman–Crippen MR) is 86.6 cm³/mol. The van der Waals surface area contributed by atoms with E-state index in [1.807, 2.05) is 0 Å². The predicted octanol–water partition coefficient (Wildman–Crippen LogP) is 2.36. The lowest BCUT2D eigenvalue weighted by molar-refractivity contribution is -0.314. The number of carbonyl (C=O) groups is 2. The SMILES string of the molecule is C=C1C2C3CC4C2C(=C)C25C6C7C(=O)C8C9C(=O)C7C(C9C86)C12C3C45. The number of hydrogen-bond donors (Lipinski definition) is 0. The molecule has 0 heterocycles. The highest BCUT2D eigenvalue weighted by Crippen LogP contribution is 3.04. The summed E-state index contributed by atoms with van der Waals surface area (Å²) in [4.78, 5) is 26.5. The second-order valence-corrected chi connectivity index (χ2v) is 11.6. The summed E-state index contributed by atoms with van der Waals surface area (Å²) >= 11 is 0. The van der Waals surface area contributed by atoms with Gasteiger partial charge in [0.05, 0.1) is 0 Å². The smallest absolute Gasteiger partial charge is 0.141 e. The van der Waals surface area contributed by atoms with E-state index in [0.717, 1.165) is 23.7 Å². The minimum atomic E-state index is 0.0919. The Kier molecular flexibility index (Phi) is 1.16. The molecule has 11 saturated carbocycles. The van der Waals surface area contributed by atoms with E-state index in [9.17, 15) is 9.59 Å². The van der Waals surface area contributed by atoms with Crippen LogP contribution in [0.2, 0.25) is 0 Å². The quantitative estimate of drug-likeness (QED) is 0.640. The van der Waals surface area contributed by atoms with Gasteiger partial charge in [0.2, 0.25) is 0 Å². The molecule has 8 bridgehead atoms. The van der Waals surface area contributed by atoms with Crippen molar-refractivity contribution >= 4 is 11.6 Å². The van der Waals surface area contributed by atoms with Crippen LogP contribution in [0.1, 0.15) is 6.42 Å². The Morgan fingerprint density at radius 1 is 0.640 bits per heavy atom. The molecule has 2 heteroatoms. The van der Waals surface area contributed by atoms with Crippen molar-refractivity contribution in [2.24, 2.45) is 93.7 Å². The molecule has 0 aliphatic heterocycles. The van der Waals surface area contributed by atoms with E-state index in [2.05, 4.69) is 0 Å². The van der Waals surface area contributed by atoms with Crippen LogP contribution < -0.4 is 0 Å². The molecule has 0 saturated heterocycles. The summed E-state index contributed by atoms with van der Waals surface area (Å²) in [6.45, 7) is 9.56. The van der Waals surface area contributed by atoms with Crippen LogP contribution in [0.5, 0.6) is 0 Å². The maximum absolute atomic E-state index is 13.2. The number of ketones is 2. The molecule has 0 amide bonds. The summed E-state index contributed by atoms with van der Waals surface area (Å²) in [5.41, 5.74) is 3.58. The molecule has 16 unspecified atom stereocenters. The van der Waals surface area contributed by atoms with Crippen LogP contribution >= 0.6 is 0 Å². The maximum Gasteiger partial charge on any atom is 0.141 e. The van der Waals surface area contributed by atoms with Gasteiger partial charge in [-0.1, -0.05) is 24.3 Å². The molecule has 0 N–H and O–H groups in total. The highest BCUT2D eigenvalue weighted by Gasteiger charge is 3.02. The maximum atomic E-state index is 13.2. The third kappa shape index (κ3) is 0.569. The molecule has 0 radical (unpaired) electrons. The fraction of sp³-hybridized carbons (Fsp3) is 0.739. The topological polar surface area (TPSA) is 34.1 Å². The minimum absolute atomic E-state index is 0.0919. The van der Waals surface area contributed by atoms with E-state index in [0.29, 0.717) is 47.1 Å². The lowest BCUT2D eigenvalue weighted by atomic mass is 9.22. The third-order valence-corrected chi connectivity index (χ3v) is 12.8. The average molecular weight is 328 g/mol. The highest BCUT2D eigenvalue weighted by molar-refractivity contribution is 6.07. The van der Waals surface area contributed by atoms with Crippen molar-refractivity contribution < 1.29 is 9.59 Å². The Morgan fingerprint density at radius 2 is 1.08 bits per heavy atom. The molecule has 11 rings (SSSR count). The van der Waals surface area contributed by atoms with Crippen molar-refractivity contribution in [1.29, 1.82) is 0 Å². The summed E-state index contributed by atoms with van der Waals surface area (Å²) < 4.78 is 0. The molecule has 124 valence electrons. The van der Waals surface area contributed by atoms with Crippen molar-refractivity contribution in [2.45, 2.75) is 6.42 Å². The molecule has 11 aliphatic carbocycles. The van der Waals surface area contributed by atoms with E-state index in [4.69, 9.17) is 13.2 Å². The second-order valence-electron chi connectivity index (χ2n) is 11.6. The van der Waals surface area contributed by atoms with Crippen LogP contribution in [-0.4, -0.2) is 11.6 Å². The van der Waals surface area contributed by atoms with Crippen LogP contribution in [0.15, 0.2) is 24.3 Å². The van der Waals surface area contributed by atoms with Gasteiger partial charge < -0.3 is 0 Å². The lowest BCUT2D eigenvalue weighted by Crippen LogP contribution is -2.79. The standard InChI is InChI=1S/C23H20O2/c1-4-8-6-3-7-9(8)5(2)23-17(7)16(6)22(4,23)18-10-11-13-12(10)20(24)14(18)15(19(11)23)21(13)25/h6-19H,1-3H2. The summed E-state index contributed by atoms with van der Waals surface area (Å²) in [6.07, 6.45) is 1.41. The first kappa shape index (κ1) is 11.5. The Balaban J connectivity index is 1.41. The first-order chi connectivity index (χ1) is 12.1. The number of carbonyl (C=O) groups excluding carboxylic acids is 2. The summed E-state index contributed by atoms with van der Waals surface area (Å²) in [5, 5.41) is 0. The molecule has 11 aliphatic rings.